The fourth-order valence-corrected chi connectivity index (χ4v) is 2.44. The highest BCUT2D eigenvalue weighted by molar-refractivity contribution is 7.89. The summed E-state index contributed by atoms with van der Waals surface area (Å²) < 4.78 is 22.8. The molecule has 0 aromatic heterocycles. The first-order valence-electron chi connectivity index (χ1n) is 5.79. The Bertz CT molecular complexity index is 577. The molecule has 6 heteroatoms. The molecule has 3 N–H and O–H groups in total. The van der Waals surface area contributed by atoms with Gasteiger partial charge >= 0.3 is 0 Å². The number of amides is 1. The number of carbonyl (C=O) groups is 1. The number of primary sulfonamides is 1. The van der Waals surface area contributed by atoms with Crippen molar-refractivity contribution in [2.45, 2.75) is 24.7 Å². The summed E-state index contributed by atoms with van der Waals surface area (Å²) in [6.45, 7) is 2.39. The Labute approximate surface area is 106 Å². The van der Waals surface area contributed by atoms with E-state index in [1.807, 2.05) is 0 Å². The molecule has 18 heavy (non-hydrogen) atoms. The number of hydrogen-bond donors (Lipinski definition) is 2. The molecule has 0 atom stereocenters. The maximum atomic E-state index is 12.0. The molecule has 1 aliphatic rings. The van der Waals surface area contributed by atoms with Gasteiger partial charge in [-0.25, -0.2) is 13.6 Å². The number of aryl methyl sites for hydroxylation is 1. The predicted octanol–water partition coefficient (Wildman–Crippen LogP) is 0.782. The topological polar surface area (TPSA) is 89.3 Å². The minimum absolute atomic E-state index is 0.123. The van der Waals surface area contributed by atoms with Gasteiger partial charge in [-0.3, -0.25) is 4.79 Å². The third-order valence-electron chi connectivity index (χ3n) is 2.93. The number of nitrogens with two attached hydrogens (primary N) is 1. The predicted molar refractivity (Wildman–Crippen MR) is 67.6 cm³/mol. The monoisotopic (exact) mass is 268 g/mol. The van der Waals surface area contributed by atoms with Gasteiger partial charge in [0.05, 0.1) is 10.5 Å². The van der Waals surface area contributed by atoms with Crippen LogP contribution in [-0.2, 0) is 10.0 Å². The van der Waals surface area contributed by atoms with Crippen molar-refractivity contribution in [3.8, 4) is 0 Å². The molecule has 1 aromatic rings. The molecule has 0 aliphatic heterocycles. The van der Waals surface area contributed by atoms with E-state index in [0.717, 1.165) is 18.4 Å². The van der Waals surface area contributed by atoms with Crippen LogP contribution in [0.1, 0.15) is 28.8 Å². The van der Waals surface area contributed by atoms with Gasteiger partial charge < -0.3 is 5.32 Å². The van der Waals surface area contributed by atoms with Gasteiger partial charge in [-0.1, -0.05) is 11.6 Å². The van der Waals surface area contributed by atoms with E-state index in [0.29, 0.717) is 12.5 Å². The van der Waals surface area contributed by atoms with Crippen LogP contribution in [0.3, 0.4) is 0 Å². The lowest BCUT2D eigenvalue weighted by Gasteiger charge is -2.09. The standard InChI is InChI=1S/C12H16N2O3S/c1-8-2-5-11(18(13,16)17)10(6-8)12(15)14-7-9-3-4-9/h2,5-6,9H,3-4,7H2,1H3,(H,14,15)(H2,13,16,17). The third-order valence-corrected chi connectivity index (χ3v) is 3.90. The number of nitrogens with one attached hydrogen (secondary N) is 1. The summed E-state index contributed by atoms with van der Waals surface area (Å²) in [6.07, 6.45) is 2.24. The van der Waals surface area contributed by atoms with Crippen LogP contribution in [0.2, 0.25) is 0 Å². The van der Waals surface area contributed by atoms with E-state index in [1.54, 1.807) is 19.1 Å². The highest BCUT2D eigenvalue weighted by Gasteiger charge is 2.24. The van der Waals surface area contributed by atoms with E-state index < -0.39 is 10.0 Å². The molecule has 98 valence electrons. The molecule has 0 spiro atoms. The van der Waals surface area contributed by atoms with E-state index in [4.69, 9.17) is 5.14 Å². The molecular weight excluding hydrogens is 252 g/mol. The average Bonchev–Trinajstić information content (AvgIpc) is 3.07. The average molecular weight is 268 g/mol. The molecule has 0 radical (unpaired) electrons. The van der Waals surface area contributed by atoms with Crippen molar-refractivity contribution in [3.63, 3.8) is 0 Å². The van der Waals surface area contributed by atoms with Crippen LogP contribution < -0.4 is 10.5 Å². The summed E-state index contributed by atoms with van der Waals surface area (Å²) in [6, 6.07) is 4.54. The Morgan fingerprint density at radius 1 is 1.44 bits per heavy atom. The number of hydrogen-bond acceptors (Lipinski definition) is 3. The van der Waals surface area contributed by atoms with E-state index in [9.17, 15) is 13.2 Å². The van der Waals surface area contributed by atoms with Crippen LogP contribution in [0.25, 0.3) is 0 Å². The number of benzene rings is 1. The van der Waals surface area contributed by atoms with Crippen LogP contribution >= 0.6 is 0 Å². The van der Waals surface area contributed by atoms with Crippen molar-refractivity contribution in [1.82, 2.24) is 5.32 Å². The first-order chi connectivity index (χ1) is 8.38. The van der Waals surface area contributed by atoms with Crippen molar-refractivity contribution < 1.29 is 13.2 Å². The summed E-state index contributed by atoms with van der Waals surface area (Å²) in [7, 11) is -3.88. The fraction of sp³-hybridized carbons (Fsp3) is 0.417. The first kappa shape index (κ1) is 13.0. The Balaban J connectivity index is 2.28. The van der Waals surface area contributed by atoms with Crippen LogP contribution in [0, 0.1) is 12.8 Å². The Morgan fingerprint density at radius 3 is 2.67 bits per heavy atom. The second-order valence-electron chi connectivity index (χ2n) is 4.70. The Morgan fingerprint density at radius 2 is 2.11 bits per heavy atom. The molecule has 5 nitrogen and oxygen atoms in total. The molecule has 1 aliphatic carbocycles. The summed E-state index contributed by atoms with van der Waals surface area (Å²) in [5.74, 6) is 0.159. The minimum atomic E-state index is -3.88. The zero-order valence-corrected chi connectivity index (χ0v) is 11.0. The van der Waals surface area contributed by atoms with Gasteiger partial charge in [0, 0.05) is 6.54 Å². The summed E-state index contributed by atoms with van der Waals surface area (Å²) in [5, 5.41) is 7.85. The molecule has 0 bridgehead atoms. The normalized spacial score (nSPS) is 15.4. The van der Waals surface area contributed by atoms with Crippen LogP contribution in [0.15, 0.2) is 23.1 Å². The summed E-state index contributed by atoms with van der Waals surface area (Å²) >= 11 is 0. The SMILES string of the molecule is Cc1ccc(S(N)(=O)=O)c(C(=O)NCC2CC2)c1. The van der Waals surface area contributed by atoms with Gasteiger partial charge in [0.15, 0.2) is 0 Å². The largest absolute Gasteiger partial charge is 0.352 e. The van der Waals surface area contributed by atoms with Gasteiger partial charge in [-0.05, 0) is 37.8 Å². The van der Waals surface area contributed by atoms with Gasteiger partial charge in [0.1, 0.15) is 0 Å². The molecule has 1 saturated carbocycles. The molecular formula is C12H16N2O3S. The third kappa shape index (κ3) is 3.08. The van der Waals surface area contributed by atoms with Crippen molar-refractivity contribution in [1.29, 1.82) is 0 Å². The summed E-state index contributed by atoms with van der Waals surface area (Å²) in [4.78, 5) is 11.8. The van der Waals surface area contributed by atoms with E-state index in [2.05, 4.69) is 5.32 Å². The van der Waals surface area contributed by atoms with E-state index in [-0.39, 0.29) is 16.4 Å². The maximum Gasteiger partial charge on any atom is 0.252 e. The fourth-order valence-electron chi connectivity index (χ4n) is 1.72. The maximum absolute atomic E-state index is 12.0. The van der Waals surface area contributed by atoms with E-state index in [1.165, 1.54) is 6.07 Å². The number of carbonyl (C=O) groups excluding carboxylic acids is 1. The molecule has 1 aromatic carbocycles. The lowest BCUT2D eigenvalue weighted by Crippen LogP contribution is -2.28. The molecule has 1 fully saturated rings. The number of rotatable bonds is 4. The van der Waals surface area contributed by atoms with Crippen LogP contribution in [0.5, 0.6) is 0 Å². The molecule has 0 saturated heterocycles. The zero-order chi connectivity index (χ0) is 13.3. The summed E-state index contributed by atoms with van der Waals surface area (Å²) in [5.41, 5.74) is 0.942. The second kappa shape index (κ2) is 4.70. The van der Waals surface area contributed by atoms with Crippen molar-refractivity contribution in [2.75, 3.05) is 6.54 Å². The molecule has 2 rings (SSSR count). The molecule has 0 unspecified atom stereocenters. The highest BCUT2D eigenvalue weighted by Crippen LogP contribution is 2.27. The quantitative estimate of drug-likeness (QED) is 0.845. The van der Waals surface area contributed by atoms with Gasteiger partial charge in [0.2, 0.25) is 10.0 Å². The van der Waals surface area contributed by atoms with Crippen molar-refractivity contribution in [3.05, 3.63) is 29.3 Å². The molecule has 1 amide bonds. The minimum Gasteiger partial charge on any atom is -0.352 e. The Hall–Kier alpha value is -1.40. The zero-order valence-electron chi connectivity index (χ0n) is 10.1. The molecule has 0 heterocycles. The Kier molecular flexibility index (Phi) is 3.41. The lowest BCUT2D eigenvalue weighted by molar-refractivity contribution is 0.0948. The lowest BCUT2D eigenvalue weighted by atomic mass is 10.1. The van der Waals surface area contributed by atoms with Crippen LogP contribution in [-0.4, -0.2) is 20.9 Å². The smallest absolute Gasteiger partial charge is 0.252 e. The second-order valence-corrected chi connectivity index (χ2v) is 6.23. The van der Waals surface area contributed by atoms with Gasteiger partial charge in [-0.15, -0.1) is 0 Å². The van der Waals surface area contributed by atoms with E-state index >= 15 is 0 Å². The first-order valence-corrected chi connectivity index (χ1v) is 7.34. The van der Waals surface area contributed by atoms with Crippen molar-refractivity contribution in [2.24, 2.45) is 11.1 Å². The van der Waals surface area contributed by atoms with Gasteiger partial charge in [-0.2, -0.15) is 0 Å². The van der Waals surface area contributed by atoms with Crippen LogP contribution in [0.4, 0.5) is 0 Å². The van der Waals surface area contributed by atoms with Crippen molar-refractivity contribution >= 4 is 15.9 Å². The highest BCUT2D eigenvalue weighted by atomic mass is 32.2. The number of sulfonamides is 1. The van der Waals surface area contributed by atoms with Gasteiger partial charge in [0.25, 0.3) is 5.91 Å².